The van der Waals surface area contributed by atoms with Crippen molar-refractivity contribution >= 4 is 12.0 Å². The van der Waals surface area contributed by atoms with Crippen molar-refractivity contribution in [2.24, 2.45) is 0 Å². The number of urea groups is 1. The summed E-state index contributed by atoms with van der Waals surface area (Å²) < 4.78 is 0. The molecule has 2 unspecified atom stereocenters. The molecule has 6 nitrogen and oxygen atoms in total. The van der Waals surface area contributed by atoms with Gasteiger partial charge in [-0.1, -0.05) is 6.42 Å². The first-order valence-electron chi connectivity index (χ1n) is 6.99. The van der Waals surface area contributed by atoms with E-state index in [0.29, 0.717) is 12.1 Å². The third kappa shape index (κ3) is 3.37. The highest BCUT2D eigenvalue weighted by Crippen LogP contribution is 2.32. The van der Waals surface area contributed by atoms with Crippen LogP contribution in [0, 0.1) is 0 Å². The van der Waals surface area contributed by atoms with Crippen molar-refractivity contribution in [3.8, 4) is 0 Å². The van der Waals surface area contributed by atoms with Crippen LogP contribution in [0.2, 0.25) is 0 Å². The second-order valence-corrected chi connectivity index (χ2v) is 5.75. The summed E-state index contributed by atoms with van der Waals surface area (Å²) in [5.41, 5.74) is 0. The molecular formula is C13H23N3O3. The molecule has 2 heterocycles. The fourth-order valence-corrected chi connectivity index (χ4v) is 3.22. The van der Waals surface area contributed by atoms with Crippen LogP contribution >= 0.6 is 0 Å². The lowest BCUT2D eigenvalue weighted by molar-refractivity contribution is -0.138. The van der Waals surface area contributed by atoms with Gasteiger partial charge in [0.1, 0.15) is 6.04 Å². The van der Waals surface area contributed by atoms with Crippen molar-refractivity contribution in [2.45, 2.75) is 63.2 Å². The Balaban J connectivity index is 1.83. The van der Waals surface area contributed by atoms with E-state index in [0.717, 1.165) is 12.8 Å². The number of hydrogen-bond acceptors (Lipinski definition) is 3. The van der Waals surface area contributed by atoms with E-state index in [-0.39, 0.29) is 12.1 Å². The molecule has 3 atom stereocenters. The zero-order chi connectivity index (χ0) is 14.0. The van der Waals surface area contributed by atoms with E-state index in [1.807, 2.05) is 0 Å². The summed E-state index contributed by atoms with van der Waals surface area (Å²) in [5.74, 6) is -1.02. The van der Waals surface area contributed by atoms with Crippen LogP contribution in [0.4, 0.5) is 4.79 Å². The fourth-order valence-electron chi connectivity index (χ4n) is 3.22. The lowest BCUT2D eigenvalue weighted by Gasteiger charge is -2.47. The molecule has 3 N–H and O–H groups in total. The van der Waals surface area contributed by atoms with Crippen LogP contribution in [0.5, 0.6) is 0 Å². The number of fused-ring (bicyclic) bond motifs is 2. The van der Waals surface area contributed by atoms with Gasteiger partial charge in [0.05, 0.1) is 0 Å². The van der Waals surface area contributed by atoms with E-state index in [2.05, 4.69) is 22.6 Å². The van der Waals surface area contributed by atoms with E-state index in [4.69, 9.17) is 5.11 Å². The third-order valence-electron chi connectivity index (χ3n) is 4.39. The number of amides is 2. The van der Waals surface area contributed by atoms with Gasteiger partial charge < -0.3 is 20.6 Å². The standard InChI is InChI=1S/C13H23N3O3/c1-8(12(17)18)14-13(19)15-9-6-10-4-3-5-11(7-9)16(10)2/h8-11H,3-7H2,1-2H3,(H,17,18)(H2,14,15,19)/t8-,9?,10?,11?/m0/s1. The molecule has 0 aromatic heterocycles. The van der Waals surface area contributed by atoms with Gasteiger partial charge in [-0.15, -0.1) is 0 Å². The molecule has 0 spiro atoms. The number of nitrogens with one attached hydrogen (secondary N) is 2. The summed E-state index contributed by atoms with van der Waals surface area (Å²) in [6.45, 7) is 1.46. The predicted molar refractivity (Wildman–Crippen MR) is 71.0 cm³/mol. The van der Waals surface area contributed by atoms with E-state index in [1.165, 1.54) is 26.2 Å². The monoisotopic (exact) mass is 269 g/mol. The van der Waals surface area contributed by atoms with Crippen molar-refractivity contribution in [3.05, 3.63) is 0 Å². The molecule has 0 radical (unpaired) electrons. The van der Waals surface area contributed by atoms with Crippen molar-refractivity contribution < 1.29 is 14.7 Å². The molecular weight excluding hydrogens is 246 g/mol. The minimum absolute atomic E-state index is 0.160. The Hall–Kier alpha value is -1.30. The highest BCUT2D eigenvalue weighted by Gasteiger charge is 2.36. The molecule has 2 bridgehead atoms. The zero-order valence-electron chi connectivity index (χ0n) is 11.6. The second kappa shape index (κ2) is 5.77. The molecule has 0 aliphatic carbocycles. The van der Waals surface area contributed by atoms with Gasteiger partial charge in [-0.2, -0.15) is 0 Å². The number of hydrogen-bond donors (Lipinski definition) is 3. The van der Waals surface area contributed by atoms with Crippen LogP contribution in [-0.2, 0) is 4.79 Å². The van der Waals surface area contributed by atoms with E-state index >= 15 is 0 Å². The van der Waals surface area contributed by atoms with Gasteiger partial charge in [-0.25, -0.2) is 4.79 Å². The number of carbonyl (C=O) groups excluding carboxylic acids is 1. The van der Waals surface area contributed by atoms with Crippen molar-refractivity contribution in [2.75, 3.05) is 7.05 Å². The quantitative estimate of drug-likeness (QED) is 0.707. The molecule has 0 aromatic carbocycles. The minimum Gasteiger partial charge on any atom is -0.480 e. The molecule has 0 saturated carbocycles. The van der Waals surface area contributed by atoms with Gasteiger partial charge in [0, 0.05) is 18.1 Å². The summed E-state index contributed by atoms with van der Waals surface area (Å²) >= 11 is 0. The van der Waals surface area contributed by atoms with Crippen LogP contribution in [0.25, 0.3) is 0 Å². The van der Waals surface area contributed by atoms with Crippen LogP contribution in [0.15, 0.2) is 0 Å². The molecule has 108 valence electrons. The molecule has 2 aliphatic heterocycles. The summed E-state index contributed by atoms with van der Waals surface area (Å²) in [6, 6.07) is 0.0326. The smallest absolute Gasteiger partial charge is 0.325 e. The van der Waals surface area contributed by atoms with Gasteiger partial charge in [0.15, 0.2) is 0 Å². The molecule has 0 aromatic rings. The lowest BCUT2D eigenvalue weighted by Crippen LogP contribution is -2.57. The topological polar surface area (TPSA) is 81.7 Å². The van der Waals surface area contributed by atoms with Crippen molar-refractivity contribution in [1.29, 1.82) is 0 Å². The number of carboxylic acid groups (broad SMARTS) is 1. The molecule has 2 rings (SSSR count). The Kier molecular flexibility index (Phi) is 4.29. The summed E-state index contributed by atoms with van der Waals surface area (Å²) in [6.07, 6.45) is 5.58. The third-order valence-corrected chi connectivity index (χ3v) is 4.39. The first-order chi connectivity index (χ1) is 8.97. The minimum atomic E-state index is -1.02. The highest BCUT2D eigenvalue weighted by molar-refractivity contribution is 5.82. The average Bonchev–Trinajstić information content (AvgIpc) is 2.30. The maximum atomic E-state index is 11.7. The van der Waals surface area contributed by atoms with Gasteiger partial charge in [-0.3, -0.25) is 4.79 Å². The van der Waals surface area contributed by atoms with Gasteiger partial charge in [-0.05, 0) is 39.7 Å². The largest absolute Gasteiger partial charge is 0.480 e. The number of nitrogens with zero attached hydrogens (tertiary/aromatic N) is 1. The molecule has 2 fully saturated rings. The van der Waals surface area contributed by atoms with Crippen LogP contribution < -0.4 is 10.6 Å². The van der Waals surface area contributed by atoms with Crippen LogP contribution in [0.1, 0.15) is 39.0 Å². The average molecular weight is 269 g/mol. The van der Waals surface area contributed by atoms with E-state index in [1.54, 1.807) is 0 Å². The predicted octanol–water partition coefficient (Wildman–Crippen LogP) is 0.774. The number of rotatable bonds is 3. The lowest BCUT2D eigenvalue weighted by atomic mass is 9.82. The maximum absolute atomic E-state index is 11.7. The van der Waals surface area contributed by atoms with Crippen molar-refractivity contribution in [3.63, 3.8) is 0 Å². The number of carboxylic acids is 1. The maximum Gasteiger partial charge on any atom is 0.325 e. The molecule has 2 aliphatic rings. The molecule has 6 heteroatoms. The highest BCUT2D eigenvalue weighted by atomic mass is 16.4. The second-order valence-electron chi connectivity index (χ2n) is 5.75. The van der Waals surface area contributed by atoms with E-state index < -0.39 is 12.0 Å². The summed E-state index contributed by atoms with van der Waals surface area (Å²) in [7, 11) is 2.16. The first kappa shape index (κ1) is 14.1. The number of carbonyl (C=O) groups is 2. The van der Waals surface area contributed by atoms with Crippen molar-refractivity contribution in [1.82, 2.24) is 15.5 Å². The first-order valence-corrected chi connectivity index (χ1v) is 6.99. The molecule has 19 heavy (non-hydrogen) atoms. The summed E-state index contributed by atoms with van der Waals surface area (Å²) in [5, 5.41) is 14.1. The molecule has 2 amide bonds. The number of piperidine rings is 2. The van der Waals surface area contributed by atoms with Gasteiger partial charge in [0.2, 0.25) is 0 Å². The fraction of sp³-hybridized carbons (Fsp3) is 0.846. The Morgan fingerprint density at radius 1 is 1.26 bits per heavy atom. The Morgan fingerprint density at radius 3 is 2.37 bits per heavy atom. The van der Waals surface area contributed by atoms with Gasteiger partial charge >= 0.3 is 12.0 Å². The Labute approximate surface area is 113 Å². The van der Waals surface area contributed by atoms with Crippen LogP contribution in [0.3, 0.4) is 0 Å². The SMILES string of the molecule is C[C@H](NC(=O)NC1CC2CCCC(C1)N2C)C(=O)O. The van der Waals surface area contributed by atoms with E-state index in [9.17, 15) is 9.59 Å². The number of aliphatic carboxylic acids is 1. The molecule has 2 saturated heterocycles. The Morgan fingerprint density at radius 2 is 1.84 bits per heavy atom. The summed E-state index contributed by atoms with van der Waals surface area (Å²) in [4.78, 5) is 24.8. The normalized spacial score (nSPS) is 32.4. The van der Waals surface area contributed by atoms with Crippen LogP contribution in [-0.4, -0.2) is 53.2 Å². The Bertz CT molecular complexity index is 347. The zero-order valence-corrected chi connectivity index (χ0v) is 11.6. The van der Waals surface area contributed by atoms with Gasteiger partial charge in [0.25, 0.3) is 0 Å².